The van der Waals surface area contributed by atoms with E-state index in [0.717, 1.165) is 3.57 Å². The van der Waals surface area contributed by atoms with Gasteiger partial charge < -0.3 is 0 Å². The predicted molar refractivity (Wildman–Crippen MR) is 124 cm³/mol. The molecule has 0 N–H and O–H groups in total. The number of anilines is 1. The smallest absolute Gasteiger partial charge is 0.238 e. The Balaban J connectivity index is 1.67. The van der Waals surface area contributed by atoms with E-state index in [1.54, 1.807) is 0 Å². The number of hydrogen-bond donors (Lipinski definition) is 0. The van der Waals surface area contributed by atoms with Crippen molar-refractivity contribution >= 4 is 40.1 Å². The summed E-state index contributed by atoms with van der Waals surface area (Å²) >= 11 is 2.22. The van der Waals surface area contributed by atoms with Crippen LogP contribution >= 0.6 is 22.6 Å². The lowest BCUT2D eigenvalue weighted by Gasteiger charge is -2.57. The average Bonchev–Trinajstić information content (AvgIpc) is 3.03. The van der Waals surface area contributed by atoms with Gasteiger partial charge in [-0.25, -0.2) is 4.90 Å². The zero-order valence-electron chi connectivity index (χ0n) is 16.7. The van der Waals surface area contributed by atoms with Crippen LogP contribution in [0.5, 0.6) is 0 Å². The van der Waals surface area contributed by atoms with Gasteiger partial charge >= 0.3 is 0 Å². The molecule has 0 saturated carbocycles. The minimum atomic E-state index is -0.529. The maximum atomic E-state index is 13.9. The molecule has 3 nitrogen and oxygen atoms in total. The van der Waals surface area contributed by atoms with E-state index >= 15 is 0 Å². The van der Waals surface area contributed by atoms with Crippen LogP contribution in [0.4, 0.5) is 5.69 Å². The second-order valence-corrected chi connectivity index (χ2v) is 10.2. The molecule has 3 aromatic rings. The molecule has 4 heteroatoms. The number of carbonyl (C=O) groups is 2. The largest absolute Gasteiger partial charge is 0.274 e. The minimum absolute atomic E-state index is 0.0790. The molecule has 1 fully saturated rings. The minimum Gasteiger partial charge on any atom is -0.274 e. The van der Waals surface area contributed by atoms with Crippen molar-refractivity contribution < 1.29 is 9.59 Å². The maximum Gasteiger partial charge on any atom is 0.238 e. The summed E-state index contributed by atoms with van der Waals surface area (Å²) < 4.78 is 1.01. The zero-order valence-corrected chi connectivity index (χ0v) is 18.9. The summed E-state index contributed by atoms with van der Waals surface area (Å²) in [5, 5.41) is 0. The number of rotatable bonds is 1. The Hall–Kier alpha value is -2.47. The molecule has 0 unspecified atom stereocenters. The highest BCUT2D eigenvalue weighted by molar-refractivity contribution is 14.1. The first-order chi connectivity index (χ1) is 14.4. The lowest BCUT2D eigenvalue weighted by molar-refractivity contribution is -0.124. The van der Waals surface area contributed by atoms with Crippen LogP contribution in [0.3, 0.4) is 0 Å². The van der Waals surface area contributed by atoms with E-state index in [1.807, 2.05) is 48.5 Å². The van der Waals surface area contributed by atoms with Crippen molar-refractivity contribution in [2.45, 2.75) is 24.7 Å². The van der Waals surface area contributed by atoms with Gasteiger partial charge in [0.15, 0.2) is 0 Å². The molecule has 30 heavy (non-hydrogen) atoms. The first-order valence-corrected chi connectivity index (χ1v) is 11.3. The van der Waals surface area contributed by atoms with Crippen LogP contribution in [-0.2, 0) is 20.4 Å². The van der Waals surface area contributed by atoms with Crippen LogP contribution in [0, 0.1) is 15.4 Å². The number of hydrogen-bond acceptors (Lipinski definition) is 2. The summed E-state index contributed by atoms with van der Waals surface area (Å²) in [6, 6.07) is 24.4. The zero-order chi connectivity index (χ0) is 20.8. The van der Waals surface area contributed by atoms with Gasteiger partial charge in [0.25, 0.3) is 0 Å². The van der Waals surface area contributed by atoms with Gasteiger partial charge in [-0.3, -0.25) is 9.59 Å². The summed E-state index contributed by atoms with van der Waals surface area (Å²) in [5.41, 5.74) is 4.33. The Bertz CT molecular complexity index is 1140. The SMILES string of the molecule is CC12c3ccccc3C(C)(c3ccccc31)[C@@H]1C(=O)N(c3cccc(I)c3)C(=O)[C@H]12. The third-order valence-electron chi connectivity index (χ3n) is 7.71. The van der Waals surface area contributed by atoms with Crippen molar-refractivity contribution in [1.29, 1.82) is 0 Å². The Morgan fingerprint density at radius 3 is 1.53 bits per heavy atom. The van der Waals surface area contributed by atoms with Crippen molar-refractivity contribution in [3.8, 4) is 0 Å². The summed E-state index contributed by atoms with van der Waals surface area (Å²) in [6.45, 7) is 4.31. The van der Waals surface area contributed by atoms with Crippen molar-refractivity contribution in [2.75, 3.05) is 4.90 Å². The molecule has 2 bridgehead atoms. The van der Waals surface area contributed by atoms with Crippen LogP contribution in [-0.4, -0.2) is 11.8 Å². The molecule has 4 aliphatic rings. The number of carbonyl (C=O) groups excluding carboxylic acids is 2. The Morgan fingerprint density at radius 1 is 0.700 bits per heavy atom. The lowest BCUT2D eigenvalue weighted by atomic mass is 9.42. The van der Waals surface area contributed by atoms with Crippen LogP contribution in [0.25, 0.3) is 0 Å². The van der Waals surface area contributed by atoms with E-state index in [0.29, 0.717) is 5.69 Å². The van der Waals surface area contributed by atoms with Gasteiger partial charge in [-0.05, 0) is 63.0 Å². The maximum absolute atomic E-state index is 13.9. The van der Waals surface area contributed by atoms with Crippen molar-refractivity contribution in [3.63, 3.8) is 0 Å². The molecule has 0 radical (unpaired) electrons. The lowest BCUT2D eigenvalue weighted by Crippen LogP contribution is -2.59. The van der Waals surface area contributed by atoms with Crippen LogP contribution in [0.1, 0.15) is 36.1 Å². The first kappa shape index (κ1) is 18.3. The summed E-state index contributed by atoms with van der Waals surface area (Å²) in [4.78, 5) is 29.3. The standard InChI is InChI=1S/C26H20INO2/c1-25-17-10-3-5-12-19(17)26(2,20-13-6-4-11-18(20)25)22-21(25)23(29)28(24(22)30)16-9-7-8-15(27)14-16/h3-14,21-22H,1-2H3/t21-,22-,25?,26?/m0/s1. The highest BCUT2D eigenvalue weighted by atomic mass is 127. The van der Waals surface area contributed by atoms with Gasteiger partial charge in [-0.1, -0.05) is 68.4 Å². The summed E-state index contributed by atoms with van der Waals surface area (Å²) in [6.07, 6.45) is 0. The molecule has 148 valence electrons. The van der Waals surface area contributed by atoms with Crippen molar-refractivity contribution in [2.24, 2.45) is 11.8 Å². The van der Waals surface area contributed by atoms with Crippen molar-refractivity contribution in [3.05, 3.63) is 98.6 Å². The molecular formula is C26H20INO2. The van der Waals surface area contributed by atoms with Crippen molar-refractivity contribution in [1.82, 2.24) is 0 Å². The van der Waals surface area contributed by atoms with Gasteiger partial charge in [0.1, 0.15) is 0 Å². The fourth-order valence-electron chi connectivity index (χ4n) is 6.44. The fourth-order valence-corrected chi connectivity index (χ4v) is 6.97. The number of imide groups is 1. The molecule has 2 amide bonds. The summed E-state index contributed by atoms with van der Waals surface area (Å²) in [5.74, 6) is -0.968. The number of nitrogens with zero attached hydrogens (tertiary/aromatic N) is 1. The molecule has 3 aromatic carbocycles. The van der Waals surface area contributed by atoms with Crippen LogP contribution in [0.15, 0.2) is 72.8 Å². The molecule has 0 aromatic heterocycles. The molecule has 1 heterocycles. The molecule has 7 rings (SSSR count). The normalized spacial score (nSPS) is 30.8. The van der Waals surface area contributed by atoms with Gasteiger partial charge in [0.2, 0.25) is 11.8 Å². The highest BCUT2D eigenvalue weighted by Gasteiger charge is 2.70. The number of halogens is 1. The topological polar surface area (TPSA) is 37.4 Å². The van der Waals surface area contributed by atoms with E-state index in [4.69, 9.17) is 0 Å². The van der Waals surface area contributed by atoms with Gasteiger partial charge in [-0.15, -0.1) is 0 Å². The van der Waals surface area contributed by atoms with E-state index in [9.17, 15) is 9.59 Å². The van der Waals surface area contributed by atoms with Gasteiger partial charge in [0.05, 0.1) is 17.5 Å². The highest BCUT2D eigenvalue weighted by Crippen LogP contribution is 2.66. The number of amides is 2. The third-order valence-corrected chi connectivity index (χ3v) is 8.38. The molecule has 2 atom stereocenters. The van der Waals surface area contributed by atoms with E-state index in [-0.39, 0.29) is 11.8 Å². The van der Waals surface area contributed by atoms with E-state index in [2.05, 4.69) is 60.7 Å². The molecule has 0 spiro atoms. The summed E-state index contributed by atoms with van der Waals surface area (Å²) in [7, 11) is 0. The molecule has 1 saturated heterocycles. The van der Waals surface area contributed by atoms with E-state index < -0.39 is 22.7 Å². The third kappa shape index (κ3) is 1.92. The molecular weight excluding hydrogens is 485 g/mol. The monoisotopic (exact) mass is 505 g/mol. The Kier molecular flexibility index (Phi) is 3.55. The molecule has 3 aliphatic carbocycles. The van der Waals surface area contributed by atoms with Crippen LogP contribution in [0.2, 0.25) is 0 Å². The van der Waals surface area contributed by atoms with E-state index in [1.165, 1.54) is 27.2 Å². The van der Waals surface area contributed by atoms with Gasteiger partial charge in [0, 0.05) is 14.4 Å². The fraction of sp³-hybridized carbons (Fsp3) is 0.231. The molecule has 1 aliphatic heterocycles. The second kappa shape index (κ2) is 5.82. The average molecular weight is 505 g/mol. The predicted octanol–water partition coefficient (Wildman–Crippen LogP) is 5.04. The second-order valence-electron chi connectivity index (χ2n) is 8.94. The number of benzene rings is 3. The first-order valence-electron chi connectivity index (χ1n) is 10.2. The quantitative estimate of drug-likeness (QED) is 0.344. The van der Waals surface area contributed by atoms with Crippen LogP contribution < -0.4 is 4.90 Å². The van der Waals surface area contributed by atoms with Gasteiger partial charge in [-0.2, -0.15) is 0 Å². The Morgan fingerprint density at radius 2 is 1.13 bits per heavy atom. The Labute approximate surface area is 189 Å².